The molecule has 0 aliphatic rings. The van der Waals surface area contributed by atoms with Crippen molar-refractivity contribution in [3.8, 4) is 0 Å². The Labute approximate surface area is 111 Å². The Balaban J connectivity index is 2.23. The molecule has 0 amide bonds. The van der Waals surface area contributed by atoms with Gasteiger partial charge in [0.25, 0.3) is 0 Å². The zero-order valence-corrected chi connectivity index (χ0v) is 12.0. The van der Waals surface area contributed by atoms with Crippen molar-refractivity contribution in [1.29, 1.82) is 0 Å². The minimum Gasteiger partial charge on any atom is -0.360 e. The largest absolute Gasteiger partial charge is 0.360 e. The Morgan fingerprint density at radius 1 is 1.11 bits per heavy atom. The van der Waals surface area contributed by atoms with Crippen LogP contribution in [0.5, 0.6) is 0 Å². The van der Waals surface area contributed by atoms with Gasteiger partial charge in [-0.3, -0.25) is 0 Å². The van der Waals surface area contributed by atoms with Crippen LogP contribution in [0, 0.1) is 0 Å². The maximum atomic E-state index is 5.12. The normalized spacial score (nSPS) is 11.3. The van der Waals surface area contributed by atoms with Crippen LogP contribution >= 0.6 is 0 Å². The lowest BCUT2D eigenvalue weighted by molar-refractivity contribution is 0.348. The fraction of sp³-hybridized carbons (Fsp3) is 0.800. The van der Waals surface area contributed by atoms with Gasteiger partial charge in [-0.2, -0.15) is 0 Å². The summed E-state index contributed by atoms with van der Waals surface area (Å²) in [6.07, 6.45) is 12.2. The van der Waals surface area contributed by atoms with Crippen LogP contribution in [-0.2, 0) is 6.54 Å². The van der Waals surface area contributed by atoms with E-state index in [9.17, 15) is 0 Å². The van der Waals surface area contributed by atoms with Crippen LogP contribution in [-0.4, -0.2) is 11.2 Å². The van der Waals surface area contributed by atoms with Gasteiger partial charge in [0.1, 0.15) is 5.76 Å². The zero-order chi connectivity index (χ0) is 13.1. The molecule has 18 heavy (non-hydrogen) atoms. The topological polar surface area (TPSA) is 38.1 Å². The van der Waals surface area contributed by atoms with E-state index in [1.54, 1.807) is 6.20 Å². The van der Waals surface area contributed by atoms with E-state index in [4.69, 9.17) is 4.52 Å². The molecule has 0 aliphatic carbocycles. The van der Waals surface area contributed by atoms with Gasteiger partial charge in [-0.15, -0.1) is 0 Å². The first-order chi connectivity index (χ1) is 8.86. The molecule has 104 valence electrons. The van der Waals surface area contributed by atoms with E-state index in [0.29, 0.717) is 6.04 Å². The fourth-order valence-corrected chi connectivity index (χ4v) is 2.21. The molecule has 0 atom stereocenters. The summed E-state index contributed by atoms with van der Waals surface area (Å²) in [5, 5.41) is 7.34. The summed E-state index contributed by atoms with van der Waals surface area (Å²) in [5.74, 6) is 0.936. The van der Waals surface area contributed by atoms with Crippen molar-refractivity contribution < 1.29 is 4.52 Å². The molecule has 1 aromatic heterocycles. The SMILES string of the molecule is CCCCCC(CCCCC)NCc1ccno1. The molecule has 0 aromatic carbocycles. The van der Waals surface area contributed by atoms with Crippen LogP contribution in [0.1, 0.15) is 71.0 Å². The van der Waals surface area contributed by atoms with Crippen LogP contribution in [0.4, 0.5) is 0 Å². The second kappa shape index (κ2) is 10.1. The molecular weight excluding hydrogens is 224 g/mol. The van der Waals surface area contributed by atoms with Gasteiger partial charge < -0.3 is 9.84 Å². The molecule has 0 saturated carbocycles. The van der Waals surface area contributed by atoms with E-state index < -0.39 is 0 Å². The highest BCUT2D eigenvalue weighted by molar-refractivity contribution is 4.92. The van der Waals surface area contributed by atoms with E-state index >= 15 is 0 Å². The highest BCUT2D eigenvalue weighted by Gasteiger charge is 2.08. The van der Waals surface area contributed by atoms with Crippen molar-refractivity contribution in [3.63, 3.8) is 0 Å². The summed E-state index contributed by atoms with van der Waals surface area (Å²) in [6.45, 7) is 5.32. The number of nitrogens with zero attached hydrogens (tertiary/aromatic N) is 1. The lowest BCUT2D eigenvalue weighted by atomic mass is 10.0. The van der Waals surface area contributed by atoms with Gasteiger partial charge >= 0.3 is 0 Å². The molecule has 1 heterocycles. The average molecular weight is 252 g/mol. The standard InChI is InChI=1S/C15H28N2O/c1-3-5-7-9-14(10-8-6-4-2)16-13-15-11-12-17-18-15/h11-12,14,16H,3-10,13H2,1-2H3. The Hall–Kier alpha value is -0.830. The van der Waals surface area contributed by atoms with Crippen molar-refractivity contribution in [2.24, 2.45) is 0 Å². The van der Waals surface area contributed by atoms with E-state index in [1.165, 1.54) is 51.4 Å². The number of rotatable bonds is 11. The van der Waals surface area contributed by atoms with Crippen molar-refractivity contribution in [2.75, 3.05) is 0 Å². The number of hydrogen-bond donors (Lipinski definition) is 1. The van der Waals surface area contributed by atoms with Crippen LogP contribution in [0.2, 0.25) is 0 Å². The third-order valence-corrected chi connectivity index (χ3v) is 3.37. The fourth-order valence-electron chi connectivity index (χ4n) is 2.21. The molecule has 1 N–H and O–H groups in total. The minimum atomic E-state index is 0.633. The molecule has 1 rings (SSSR count). The van der Waals surface area contributed by atoms with Gasteiger partial charge in [-0.25, -0.2) is 0 Å². The van der Waals surface area contributed by atoms with Crippen LogP contribution in [0.25, 0.3) is 0 Å². The maximum absolute atomic E-state index is 5.12. The third-order valence-electron chi connectivity index (χ3n) is 3.37. The highest BCUT2D eigenvalue weighted by atomic mass is 16.5. The third kappa shape index (κ3) is 6.80. The lowest BCUT2D eigenvalue weighted by Gasteiger charge is -2.17. The van der Waals surface area contributed by atoms with Gasteiger partial charge in [0.2, 0.25) is 0 Å². The van der Waals surface area contributed by atoms with Crippen molar-refractivity contribution in [2.45, 2.75) is 77.8 Å². The molecular formula is C15H28N2O. The maximum Gasteiger partial charge on any atom is 0.150 e. The van der Waals surface area contributed by atoms with Crippen molar-refractivity contribution in [3.05, 3.63) is 18.0 Å². The quantitative estimate of drug-likeness (QED) is 0.597. The van der Waals surface area contributed by atoms with Crippen LogP contribution in [0.3, 0.4) is 0 Å². The van der Waals surface area contributed by atoms with Crippen molar-refractivity contribution >= 4 is 0 Å². The predicted octanol–water partition coefficient (Wildman–Crippen LogP) is 4.29. The van der Waals surface area contributed by atoms with Crippen LogP contribution < -0.4 is 5.32 Å². The van der Waals surface area contributed by atoms with Gasteiger partial charge in [0.15, 0.2) is 0 Å². The molecule has 1 aromatic rings. The first-order valence-corrected chi connectivity index (χ1v) is 7.49. The monoisotopic (exact) mass is 252 g/mol. The van der Waals surface area contributed by atoms with Gasteiger partial charge in [-0.1, -0.05) is 57.5 Å². The zero-order valence-electron chi connectivity index (χ0n) is 12.0. The summed E-state index contributed by atoms with van der Waals surface area (Å²) >= 11 is 0. The summed E-state index contributed by atoms with van der Waals surface area (Å²) in [7, 11) is 0. The first-order valence-electron chi connectivity index (χ1n) is 7.49. The van der Waals surface area contributed by atoms with E-state index in [1.807, 2.05) is 6.07 Å². The molecule has 3 nitrogen and oxygen atoms in total. The predicted molar refractivity (Wildman–Crippen MR) is 75.4 cm³/mol. The molecule has 0 aliphatic heterocycles. The van der Waals surface area contributed by atoms with Gasteiger partial charge in [0.05, 0.1) is 12.7 Å². The smallest absolute Gasteiger partial charge is 0.150 e. The number of aromatic nitrogens is 1. The molecule has 0 bridgehead atoms. The molecule has 0 fully saturated rings. The van der Waals surface area contributed by atoms with E-state index in [2.05, 4.69) is 24.3 Å². The first kappa shape index (κ1) is 15.2. The Morgan fingerprint density at radius 2 is 1.78 bits per heavy atom. The molecule has 3 heteroatoms. The van der Waals surface area contributed by atoms with Gasteiger partial charge in [-0.05, 0) is 12.8 Å². The lowest BCUT2D eigenvalue weighted by Crippen LogP contribution is -2.28. The summed E-state index contributed by atoms with van der Waals surface area (Å²) < 4.78 is 5.12. The molecule has 0 unspecified atom stereocenters. The summed E-state index contributed by atoms with van der Waals surface area (Å²) in [5.41, 5.74) is 0. The summed E-state index contributed by atoms with van der Waals surface area (Å²) in [6, 6.07) is 2.57. The number of nitrogens with one attached hydrogen (secondary N) is 1. The molecule has 0 spiro atoms. The Morgan fingerprint density at radius 3 is 2.28 bits per heavy atom. The number of hydrogen-bond acceptors (Lipinski definition) is 3. The summed E-state index contributed by atoms with van der Waals surface area (Å²) in [4.78, 5) is 0. The highest BCUT2D eigenvalue weighted by Crippen LogP contribution is 2.12. The Bertz CT molecular complexity index is 262. The molecule has 0 saturated heterocycles. The second-order valence-corrected chi connectivity index (χ2v) is 5.05. The van der Waals surface area contributed by atoms with Gasteiger partial charge in [0, 0.05) is 12.1 Å². The second-order valence-electron chi connectivity index (χ2n) is 5.05. The van der Waals surface area contributed by atoms with Crippen molar-refractivity contribution in [1.82, 2.24) is 10.5 Å². The minimum absolute atomic E-state index is 0.633. The Kier molecular flexibility index (Phi) is 8.57. The van der Waals surface area contributed by atoms with E-state index in [0.717, 1.165) is 12.3 Å². The van der Waals surface area contributed by atoms with Crippen LogP contribution in [0.15, 0.2) is 16.8 Å². The average Bonchev–Trinajstić information content (AvgIpc) is 2.89. The van der Waals surface area contributed by atoms with E-state index in [-0.39, 0.29) is 0 Å². The molecule has 0 radical (unpaired) electrons. The number of unbranched alkanes of at least 4 members (excludes halogenated alkanes) is 4.